The maximum atomic E-state index is 5.48. The van der Waals surface area contributed by atoms with Crippen molar-refractivity contribution < 1.29 is 22.0 Å². The molecule has 0 aliphatic carbocycles. The summed E-state index contributed by atoms with van der Waals surface area (Å²) in [7, 11) is -0.0430. The molecule has 0 bridgehead atoms. The summed E-state index contributed by atoms with van der Waals surface area (Å²) < 4.78 is 18.8. The Morgan fingerprint density at radius 2 is 0.781 bits per heavy atom. The number of benzene rings is 10. The van der Waals surface area contributed by atoms with E-state index >= 15 is 0 Å². The molecule has 0 unspecified atom stereocenters. The molecule has 0 amide bonds. The minimum absolute atomic E-state index is 0.203. The number of terminal acetylenes is 1. The molecule has 0 spiro atoms. The number of ether oxygens (including phenoxy) is 1. The molecule has 586 valence electrons. The summed E-state index contributed by atoms with van der Waals surface area (Å²) in [4.78, 5) is 0. The second-order valence-electron chi connectivity index (χ2n) is 32.5. The van der Waals surface area contributed by atoms with Gasteiger partial charge in [0, 0.05) is 21.6 Å². The molecule has 0 fully saturated rings. The van der Waals surface area contributed by atoms with Gasteiger partial charge in [0.05, 0.1) is 0 Å². The van der Waals surface area contributed by atoms with Gasteiger partial charge < -0.3 is 0 Å². The Morgan fingerprint density at radius 3 is 1.19 bits per heavy atom. The zero-order chi connectivity index (χ0) is 85.1. The molecule has 13 aromatic rings. The predicted molar refractivity (Wildman–Crippen MR) is 551 cm³/mol. The maximum absolute atomic E-state index is 5.48. The predicted octanol–water partition coefficient (Wildman–Crippen LogP) is 30.3. The molecule has 3 aromatic heterocycles. The number of methoxy groups -OCH3 is 1. The fourth-order valence-corrected chi connectivity index (χ4v) is 23.4. The zero-order valence-corrected chi connectivity index (χ0v) is 94.6. The van der Waals surface area contributed by atoms with Gasteiger partial charge in [-0.3, -0.25) is 0 Å². The molecule has 0 aliphatic heterocycles. The summed E-state index contributed by atoms with van der Waals surface area (Å²) >= 11 is 20.3. The number of fused-ring (bicyclic) bond motifs is 7. The van der Waals surface area contributed by atoms with Crippen LogP contribution in [-0.2, 0) is 17.3 Å². The van der Waals surface area contributed by atoms with Crippen molar-refractivity contribution in [2.24, 2.45) is 0 Å². The Morgan fingerprint density at radius 1 is 0.386 bits per heavy atom. The second kappa shape index (κ2) is 48.0. The first kappa shape index (κ1) is 101. The van der Waals surface area contributed by atoms with Crippen molar-refractivity contribution in [1.29, 1.82) is 0 Å². The van der Waals surface area contributed by atoms with Gasteiger partial charge >= 0.3 is 436 Å². The first-order valence-corrected chi connectivity index (χ1v) is 69.0. The summed E-state index contributed by atoms with van der Waals surface area (Å²) in [5.74, 6) is 14.3. The zero-order valence-electron chi connectivity index (χ0n) is 70.1. The molecule has 10 aromatic carbocycles. The van der Waals surface area contributed by atoms with Crippen molar-refractivity contribution >= 4 is 243 Å². The molecular weight excluding hydrogens is 2230 g/mol. The number of rotatable bonds is 3. The summed E-state index contributed by atoms with van der Waals surface area (Å²) in [5, 5.41) is 8.50. The van der Waals surface area contributed by atoms with Gasteiger partial charge in [-0.15, -0.1) is 52.9 Å². The second-order valence-corrected chi connectivity index (χ2v) is 71.1. The molecule has 1 nitrogen and oxygen atoms in total. The summed E-state index contributed by atoms with van der Waals surface area (Å²) in [6.07, 6.45) is 5.12. The molecule has 0 aliphatic rings. The first-order chi connectivity index (χ1) is 53.3. The van der Waals surface area contributed by atoms with Gasteiger partial charge in [-0.05, 0) is 140 Å². The van der Waals surface area contributed by atoms with E-state index < -0.39 is 40.4 Å². The Bertz CT molecular complexity index is 5610. The van der Waals surface area contributed by atoms with Crippen LogP contribution in [0.25, 0.3) is 60.8 Å². The Kier molecular flexibility index (Phi) is 42.4. The minimum atomic E-state index is -1.48. The standard InChI is InChI=1S/C28H32OSeSi2.C22H16Se.C12H15BrSi.C12H15Si.C7H6BrI.C7H7I.C5H10Si.C4H2Br2Se.ClH.Zn/c1-21-9-11-25(22(19-21)15-17-31(3,4)5)27-13-14-28(30-27)26-12-10-24(29-2)20-23(26)16-18-32(6,7)8;1-13-3-7-17-15(11-13)5-9-19-20-10-6-16-12-14(2)4-8-18(16)22(20)23-21(17)19;1-10-5-6-12(13)11(9-10)7-8-14(2,3)4;1-11-6-5-7-12(10-11)8-9-13(2,3)4;1-5-2-3-6(8)7(9)4-5;1-6-3-2-4-7(8)5-6;1-5-6(2,3)4;5-3-1-2-4(6)7-3;;/h9-14,19-20H,1-8H3;3-12H,1-2H3;5-6,9H,1-4H3;5-6,10H,1-4H3;2-4H,1H3;2-5H,1H3;1H,2-4H3;1-2H;1H;/q;;;-1;;;;;;+2/p-1. The van der Waals surface area contributed by atoms with E-state index in [1.54, 1.807) is 15.6 Å². The summed E-state index contributed by atoms with van der Waals surface area (Å²) in [6.45, 7) is 48.5. The van der Waals surface area contributed by atoms with E-state index in [0.717, 1.165) is 49.8 Å². The monoisotopic (exact) mass is 2330 g/mol. The van der Waals surface area contributed by atoms with Gasteiger partial charge in [0.25, 0.3) is 0 Å². The van der Waals surface area contributed by atoms with E-state index in [1.165, 1.54) is 110 Å². The molecule has 114 heavy (non-hydrogen) atoms. The van der Waals surface area contributed by atoms with Gasteiger partial charge in [0.2, 0.25) is 0 Å². The quantitative estimate of drug-likeness (QED) is 0.0741. The number of hydrogen-bond donors (Lipinski definition) is 0. The molecule has 0 saturated heterocycles. The number of aryl methyl sites for hydroxylation is 7. The van der Waals surface area contributed by atoms with Crippen LogP contribution in [0, 0.1) is 119 Å². The van der Waals surface area contributed by atoms with E-state index in [9.17, 15) is 0 Å². The van der Waals surface area contributed by atoms with Crippen molar-refractivity contribution in [3.8, 4) is 83.6 Å². The Labute approximate surface area is 782 Å². The third-order valence-corrected chi connectivity index (χ3v) is 32.5. The third-order valence-electron chi connectivity index (χ3n) is 15.7. The van der Waals surface area contributed by atoms with Gasteiger partial charge in [0.1, 0.15) is 24.2 Å². The van der Waals surface area contributed by atoms with Crippen LogP contribution in [0.5, 0.6) is 5.75 Å². The van der Waals surface area contributed by atoms with Crippen LogP contribution in [0.15, 0.2) is 216 Å². The normalized spacial score (nSPS) is 10.7. The van der Waals surface area contributed by atoms with Crippen LogP contribution >= 0.6 is 119 Å². The van der Waals surface area contributed by atoms with Gasteiger partial charge in [-0.25, -0.2) is 0 Å². The number of halogens is 7. The van der Waals surface area contributed by atoms with Gasteiger partial charge in [-0.2, -0.15) is 11.5 Å². The molecule has 0 atom stereocenters. The Hall–Kier alpha value is -3.78. The average Bonchev–Trinajstić information content (AvgIpc) is 1.59. The van der Waals surface area contributed by atoms with Crippen LogP contribution in [-0.4, -0.2) is 91.0 Å². The van der Waals surface area contributed by atoms with Crippen molar-refractivity contribution in [2.75, 3.05) is 7.11 Å². The molecule has 0 saturated carbocycles. The molecule has 0 N–H and O–H groups in total. The average molecular weight is 2340 g/mol. The number of hydrogen-bond acceptors (Lipinski definition) is 1. The van der Waals surface area contributed by atoms with E-state index in [4.69, 9.17) is 20.9 Å². The van der Waals surface area contributed by atoms with Crippen LogP contribution in [0.3, 0.4) is 0 Å². The summed E-state index contributed by atoms with van der Waals surface area (Å²) in [6, 6.07) is 74.7. The van der Waals surface area contributed by atoms with Crippen molar-refractivity contribution in [2.45, 2.75) is 147 Å². The molecule has 0 radical (unpaired) electrons. The topological polar surface area (TPSA) is 9.23 Å². The van der Waals surface area contributed by atoms with E-state index in [1.807, 2.05) is 18.2 Å². The van der Waals surface area contributed by atoms with Crippen LogP contribution in [0.1, 0.15) is 61.2 Å². The van der Waals surface area contributed by atoms with Crippen LogP contribution < -0.4 is 4.74 Å². The fraction of sp³-hybridized carbons (Fsp3) is 0.237. The van der Waals surface area contributed by atoms with Crippen LogP contribution in [0.4, 0.5) is 0 Å². The molecule has 13 rings (SSSR count). The first-order valence-electron chi connectivity index (χ1n) is 37.2. The van der Waals surface area contributed by atoms with E-state index in [0.29, 0.717) is 29.0 Å². The molecule has 3 heterocycles. The van der Waals surface area contributed by atoms with Gasteiger partial charge in [-0.1, -0.05) is 107 Å². The molecule has 17 heteroatoms. The Balaban J connectivity index is 0.000000248. The van der Waals surface area contributed by atoms with Crippen LogP contribution in [0.2, 0.25) is 98.2 Å². The van der Waals surface area contributed by atoms with E-state index in [-0.39, 0.29) is 14.5 Å². The third kappa shape index (κ3) is 37.1. The summed E-state index contributed by atoms with van der Waals surface area (Å²) in [5.41, 5.74) is 32.4. The fourth-order valence-electron chi connectivity index (χ4n) is 10.1. The van der Waals surface area contributed by atoms with Gasteiger partial charge in [0.15, 0.2) is 0 Å². The van der Waals surface area contributed by atoms with Crippen molar-refractivity contribution in [3.63, 3.8) is 0 Å². The molecular formula is C97H103Br4ClI2OSe3Si5Zn. The van der Waals surface area contributed by atoms with Crippen molar-refractivity contribution in [3.05, 3.63) is 290 Å². The SMILES string of the molecule is Brc1ccc(Br)[se]1.C#C[Si](C)(C)C.COc1ccc(-c2ccc(-c3ccc(C)cc3C#C[Si](C)(C)C)[se]2)c(C#C[Si](C)(C)C)c1.Cc1cc[c-]c(C#C[Si](C)(C)C)c1.Cc1ccc(Br)c(C#C[Si](C)(C)C)c1.Cc1ccc(Br)c(I)c1.Cc1ccc2c(ccc3c4ccc5cc(C)ccc5c4[se]c23)c1.Cc1cccc(I)c1.[Cl][Zn+]. The van der Waals surface area contributed by atoms with Crippen molar-refractivity contribution in [1.82, 2.24) is 0 Å². The van der Waals surface area contributed by atoms with E-state index in [2.05, 4.69) is 495 Å².